The molecule has 8 bridgehead atoms. The number of pyridine rings is 1. The summed E-state index contributed by atoms with van der Waals surface area (Å²) in [6.45, 7) is 6.39. The van der Waals surface area contributed by atoms with Gasteiger partial charge in [0, 0.05) is 59.0 Å². The quantitative estimate of drug-likeness (QED) is 0.184. The van der Waals surface area contributed by atoms with E-state index in [1.807, 2.05) is 18.5 Å². The van der Waals surface area contributed by atoms with E-state index in [0.717, 1.165) is 81.4 Å². The Bertz CT molecular complexity index is 2640. The Morgan fingerprint density at radius 1 is 0.373 bits per heavy atom. The molecule has 244 valence electrons. The Balaban J connectivity index is 1.47. The van der Waals surface area contributed by atoms with Gasteiger partial charge < -0.3 is 0 Å². The van der Waals surface area contributed by atoms with Crippen LogP contribution in [-0.4, -0.2) is 15.0 Å². The van der Waals surface area contributed by atoms with Crippen LogP contribution in [0.3, 0.4) is 0 Å². The Morgan fingerprint density at radius 3 is 1.02 bits per heavy atom. The van der Waals surface area contributed by atoms with Crippen LogP contribution in [0.1, 0.15) is 39.5 Å². The highest BCUT2D eigenvalue weighted by Crippen LogP contribution is 2.43. The van der Waals surface area contributed by atoms with Crippen molar-refractivity contribution in [1.82, 2.24) is 15.0 Å². The van der Waals surface area contributed by atoms with Gasteiger partial charge in [0.25, 0.3) is 0 Å². The predicted molar refractivity (Wildman–Crippen MR) is 220 cm³/mol. The van der Waals surface area contributed by atoms with Crippen molar-refractivity contribution in [3.05, 3.63) is 161 Å². The summed E-state index contributed by atoms with van der Waals surface area (Å²) in [5.41, 5.74) is 16.4. The van der Waals surface area contributed by atoms with Crippen molar-refractivity contribution in [2.75, 3.05) is 0 Å². The highest BCUT2D eigenvalue weighted by molar-refractivity contribution is 7.24. The second kappa shape index (κ2) is 12.9. The number of aryl methyl sites for hydroxylation is 3. The monoisotopic (exact) mass is 691 g/mol. The average molecular weight is 692 g/mol. The molecule has 2 aliphatic heterocycles. The fraction of sp³-hybridized carbons (Fsp3) is 0.0652. The molecule has 0 N–H and O–H groups in total. The molecule has 3 nitrogen and oxygen atoms in total. The SMILES string of the molecule is Cc1ccc(-c2c3nc(c(-c4ccc(C)cc4)c4ccc(s4)c(-c4cccnc4)c4nc(c(-c5ccc(C)cc5)c5ccc2s5)C=C4)C=C3)cc1. The van der Waals surface area contributed by atoms with Gasteiger partial charge in [-0.2, -0.15) is 0 Å². The first kappa shape index (κ1) is 31.2. The largest absolute Gasteiger partial charge is 0.264 e. The van der Waals surface area contributed by atoms with E-state index >= 15 is 0 Å². The second-order valence-corrected chi connectivity index (χ2v) is 15.3. The van der Waals surface area contributed by atoms with Crippen LogP contribution in [0.2, 0.25) is 0 Å². The summed E-state index contributed by atoms with van der Waals surface area (Å²) >= 11 is 3.57. The number of hydrogen-bond acceptors (Lipinski definition) is 5. The topological polar surface area (TPSA) is 38.7 Å². The molecule has 2 aliphatic rings. The van der Waals surface area contributed by atoms with E-state index in [0.29, 0.717) is 0 Å². The van der Waals surface area contributed by atoms with E-state index in [1.165, 1.54) is 21.4 Å². The van der Waals surface area contributed by atoms with Gasteiger partial charge in [0.05, 0.1) is 22.8 Å². The fourth-order valence-electron chi connectivity index (χ4n) is 6.83. The molecule has 0 amide bonds. The zero-order valence-corrected chi connectivity index (χ0v) is 30.1. The van der Waals surface area contributed by atoms with Crippen molar-refractivity contribution in [3.63, 3.8) is 0 Å². The van der Waals surface area contributed by atoms with Gasteiger partial charge in [0.15, 0.2) is 0 Å². The van der Waals surface area contributed by atoms with Gasteiger partial charge in [0.2, 0.25) is 0 Å². The predicted octanol–water partition coefficient (Wildman–Crippen LogP) is 13.1. The molecule has 7 aromatic rings. The van der Waals surface area contributed by atoms with Gasteiger partial charge in [0.1, 0.15) is 0 Å². The van der Waals surface area contributed by atoms with Crippen LogP contribution >= 0.6 is 22.7 Å². The zero-order valence-electron chi connectivity index (χ0n) is 28.5. The number of rotatable bonds is 4. The van der Waals surface area contributed by atoms with Crippen LogP contribution in [0.4, 0.5) is 0 Å². The first-order valence-corrected chi connectivity index (χ1v) is 18.7. The third-order valence-electron chi connectivity index (χ3n) is 9.47. The summed E-state index contributed by atoms with van der Waals surface area (Å²) in [6.07, 6.45) is 12.5. The smallest absolute Gasteiger partial charge is 0.0731 e. The van der Waals surface area contributed by atoms with E-state index in [2.05, 4.69) is 153 Å². The minimum Gasteiger partial charge on any atom is -0.264 e. The van der Waals surface area contributed by atoms with Crippen molar-refractivity contribution in [2.45, 2.75) is 20.8 Å². The Kier molecular flexibility index (Phi) is 7.87. The normalized spacial score (nSPS) is 12.1. The lowest BCUT2D eigenvalue weighted by Crippen LogP contribution is -1.87. The molecule has 0 saturated heterocycles. The Morgan fingerprint density at radius 2 is 0.706 bits per heavy atom. The maximum absolute atomic E-state index is 5.45. The lowest BCUT2D eigenvalue weighted by Gasteiger charge is -2.06. The molecule has 51 heavy (non-hydrogen) atoms. The maximum Gasteiger partial charge on any atom is 0.0731 e. The molecule has 6 heterocycles. The van der Waals surface area contributed by atoms with Gasteiger partial charge >= 0.3 is 0 Å². The minimum absolute atomic E-state index is 0.928. The second-order valence-electron chi connectivity index (χ2n) is 13.1. The molecule has 0 saturated carbocycles. The van der Waals surface area contributed by atoms with Gasteiger partial charge in [-0.25, -0.2) is 9.97 Å². The van der Waals surface area contributed by atoms with Gasteiger partial charge in [-0.1, -0.05) is 95.6 Å². The Hall–Kier alpha value is -5.75. The number of fused-ring (bicyclic) bond motifs is 8. The van der Waals surface area contributed by atoms with Crippen LogP contribution in [0.25, 0.3) is 87.6 Å². The summed E-state index contributed by atoms with van der Waals surface area (Å²) < 4.78 is 4.62. The van der Waals surface area contributed by atoms with Crippen LogP contribution in [0.5, 0.6) is 0 Å². The molecular formula is C46H33N3S2. The molecule has 9 rings (SSSR count). The van der Waals surface area contributed by atoms with E-state index in [1.54, 1.807) is 22.7 Å². The molecule has 0 aliphatic carbocycles. The third-order valence-corrected chi connectivity index (χ3v) is 11.7. The molecule has 0 spiro atoms. The van der Waals surface area contributed by atoms with Crippen molar-refractivity contribution >= 4 is 65.8 Å². The highest BCUT2D eigenvalue weighted by Gasteiger charge is 2.19. The molecule has 5 heteroatoms. The summed E-state index contributed by atoms with van der Waals surface area (Å²) in [7, 11) is 0. The lowest BCUT2D eigenvalue weighted by molar-refractivity contribution is 1.30. The molecule has 4 aromatic heterocycles. The number of benzene rings is 3. The molecule has 3 aromatic carbocycles. The fourth-order valence-corrected chi connectivity index (χ4v) is 9.15. The van der Waals surface area contributed by atoms with Gasteiger partial charge in [-0.3, -0.25) is 4.98 Å². The Labute approximate surface area is 305 Å². The standard InChI is InChI=1S/C46H33N3S2/c1-28-6-12-31(13-7-28)43-35-18-19-36(48-35)44(32-14-8-29(2)9-15-32)41-24-25-42(51-41)46(34-5-4-26-47-27-34)38-21-20-37(49-38)45(40-23-22-39(43)50-40)33-16-10-30(3)11-17-33/h4-27H,1-3H3. The van der Waals surface area contributed by atoms with Crippen LogP contribution in [0.15, 0.2) is 122 Å². The summed E-state index contributed by atoms with van der Waals surface area (Å²) in [5, 5.41) is 0. The summed E-state index contributed by atoms with van der Waals surface area (Å²) in [4.78, 5) is 15.4. The van der Waals surface area contributed by atoms with Crippen LogP contribution in [0, 0.1) is 20.8 Å². The van der Waals surface area contributed by atoms with E-state index in [4.69, 9.17) is 9.97 Å². The van der Waals surface area contributed by atoms with Crippen molar-refractivity contribution in [2.24, 2.45) is 0 Å². The zero-order chi connectivity index (χ0) is 34.5. The van der Waals surface area contributed by atoms with E-state index in [-0.39, 0.29) is 0 Å². The van der Waals surface area contributed by atoms with Crippen LogP contribution in [-0.2, 0) is 0 Å². The van der Waals surface area contributed by atoms with E-state index in [9.17, 15) is 0 Å². The highest BCUT2D eigenvalue weighted by atomic mass is 32.1. The summed E-state index contributed by atoms with van der Waals surface area (Å²) in [5.74, 6) is 0. The lowest BCUT2D eigenvalue weighted by atomic mass is 10.0. The number of nitrogens with zero attached hydrogens (tertiary/aromatic N) is 3. The molecule has 0 radical (unpaired) electrons. The first-order chi connectivity index (χ1) is 25.0. The van der Waals surface area contributed by atoms with Crippen molar-refractivity contribution in [3.8, 4) is 44.5 Å². The number of aromatic nitrogens is 3. The van der Waals surface area contributed by atoms with Crippen molar-refractivity contribution in [1.29, 1.82) is 0 Å². The van der Waals surface area contributed by atoms with E-state index < -0.39 is 0 Å². The third kappa shape index (κ3) is 5.84. The van der Waals surface area contributed by atoms with Crippen LogP contribution < -0.4 is 0 Å². The van der Waals surface area contributed by atoms with Crippen molar-refractivity contribution < 1.29 is 0 Å². The maximum atomic E-state index is 5.45. The molecule has 0 atom stereocenters. The number of hydrogen-bond donors (Lipinski definition) is 0. The first-order valence-electron chi connectivity index (χ1n) is 17.1. The molecule has 0 unspecified atom stereocenters. The summed E-state index contributed by atoms with van der Waals surface area (Å²) in [6, 6.07) is 39.5. The van der Waals surface area contributed by atoms with Gasteiger partial charge in [-0.05, 0) is 92.1 Å². The number of thiophene rings is 2. The average Bonchev–Trinajstić information content (AvgIpc) is 3.99. The molecule has 0 fully saturated rings. The minimum atomic E-state index is 0.928. The van der Waals surface area contributed by atoms with Gasteiger partial charge in [-0.15, -0.1) is 22.7 Å². The molecular weight excluding hydrogens is 659 g/mol.